The van der Waals surface area contributed by atoms with Gasteiger partial charge >= 0.3 is 0 Å². The molecule has 1 heterocycles. The number of para-hydroxylation sites is 2. The predicted octanol–water partition coefficient (Wildman–Crippen LogP) is 4.33. The molecule has 2 aromatic carbocycles. The standard InChI is InChI=1S/C19H20N2O3S/c1-4-23-14-7-5-6-8-15(14)24-11-17(22)20-19-21-18-13(3)12(2)9-10-16(18)25-19/h5-10H,4,11H2,1-3H3,(H,20,21,22). The van der Waals surface area contributed by atoms with Gasteiger partial charge in [-0.25, -0.2) is 4.98 Å². The van der Waals surface area contributed by atoms with Crippen LogP contribution in [-0.4, -0.2) is 24.1 Å². The first kappa shape index (κ1) is 17.2. The Kier molecular flexibility index (Phi) is 5.19. The number of fused-ring (bicyclic) bond motifs is 1. The minimum atomic E-state index is -0.250. The Labute approximate surface area is 150 Å². The van der Waals surface area contributed by atoms with Crippen LogP contribution >= 0.6 is 11.3 Å². The van der Waals surface area contributed by atoms with Crippen LogP contribution in [0.2, 0.25) is 0 Å². The van der Waals surface area contributed by atoms with Crippen molar-refractivity contribution in [2.24, 2.45) is 0 Å². The first-order chi connectivity index (χ1) is 12.1. The summed E-state index contributed by atoms with van der Waals surface area (Å²) in [5.74, 6) is 0.930. The van der Waals surface area contributed by atoms with Crippen molar-refractivity contribution in [2.45, 2.75) is 20.8 Å². The van der Waals surface area contributed by atoms with Crippen molar-refractivity contribution in [1.82, 2.24) is 4.98 Å². The lowest BCUT2D eigenvalue weighted by Gasteiger charge is -2.10. The van der Waals surface area contributed by atoms with Crippen LogP contribution in [0.5, 0.6) is 11.5 Å². The number of carbonyl (C=O) groups is 1. The summed E-state index contributed by atoms with van der Waals surface area (Å²) < 4.78 is 12.1. The van der Waals surface area contributed by atoms with Crippen molar-refractivity contribution in [1.29, 1.82) is 0 Å². The topological polar surface area (TPSA) is 60.5 Å². The van der Waals surface area contributed by atoms with Gasteiger partial charge in [0, 0.05) is 0 Å². The molecule has 0 unspecified atom stereocenters. The van der Waals surface area contributed by atoms with E-state index in [1.54, 1.807) is 6.07 Å². The van der Waals surface area contributed by atoms with Gasteiger partial charge in [-0.05, 0) is 50.1 Å². The van der Waals surface area contributed by atoms with Crippen molar-refractivity contribution >= 4 is 32.6 Å². The summed E-state index contributed by atoms with van der Waals surface area (Å²) in [6.07, 6.45) is 0. The average Bonchev–Trinajstić information content (AvgIpc) is 3.01. The molecule has 1 amide bonds. The van der Waals surface area contributed by atoms with Crippen molar-refractivity contribution < 1.29 is 14.3 Å². The van der Waals surface area contributed by atoms with Crippen molar-refractivity contribution in [2.75, 3.05) is 18.5 Å². The summed E-state index contributed by atoms with van der Waals surface area (Å²) in [4.78, 5) is 16.7. The van der Waals surface area contributed by atoms with Gasteiger partial charge in [-0.15, -0.1) is 0 Å². The van der Waals surface area contributed by atoms with Gasteiger partial charge in [0.1, 0.15) is 0 Å². The number of carbonyl (C=O) groups excluding carboxylic acids is 1. The highest BCUT2D eigenvalue weighted by Crippen LogP contribution is 2.30. The van der Waals surface area contributed by atoms with Crippen LogP contribution in [-0.2, 0) is 4.79 Å². The number of amides is 1. The summed E-state index contributed by atoms with van der Waals surface area (Å²) in [6, 6.07) is 11.4. The van der Waals surface area contributed by atoms with Gasteiger partial charge in [0.2, 0.25) is 0 Å². The van der Waals surface area contributed by atoms with Gasteiger partial charge in [-0.2, -0.15) is 0 Å². The largest absolute Gasteiger partial charge is 0.490 e. The number of thiazole rings is 1. The minimum absolute atomic E-state index is 0.0992. The number of nitrogens with zero attached hydrogens (tertiary/aromatic N) is 1. The molecule has 0 aliphatic rings. The molecule has 0 aliphatic heterocycles. The smallest absolute Gasteiger partial charge is 0.264 e. The quantitative estimate of drug-likeness (QED) is 0.714. The van der Waals surface area contributed by atoms with Crippen LogP contribution in [0.15, 0.2) is 36.4 Å². The number of hydrogen-bond donors (Lipinski definition) is 1. The van der Waals surface area contributed by atoms with Gasteiger partial charge in [0.15, 0.2) is 23.2 Å². The number of aromatic nitrogens is 1. The van der Waals surface area contributed by atoms with Crippen LogP contribution in [0.25, 0.3) is 10.2 Å². The third-order valence-electron chi connectivity index (χ3n) is 3.84. The highest BCUT2D eigenvalue weighted by molar-refractivity contribution is 7.22. The third-order valence-corrected chi connectivity index (χ3v) is 4.77. The maximum atomic E-state index is 12.2. The molecule has 0 fully saturated rings. The third kappa shape index (κ3) is 3.91. The maximum Gasteiger partial charge on any atom is 0.264 e. The molecular weight excluding hydrogens is 336 g/mol. The molecule has 0 saturated carbocycles. The summed E-state index contributed by atoms with van der Waals surface area (Å²) in [5.41, 5.74) is 3.26. The van der Waals surface area contributed by atoms with Gasteiger partial charge < -0.3 is 9.47 Å². The highest BCUT2D eigenvalue weighted by Gasteiger charge is 2.12. The molecule has 0 spiro atoms. The van der Waals surface area contributed by atoms with Crippen LogP contribution in [0.4, 0.5) is 5.13 Å². The van der Waals surface area contributed by atoms with Crippen LogP contribution in [0, 0.1) is 13.8 Å². The summed E-state index contributed by atoms with van der Waals surface area (Å²) in [7, 11) is 0. The molecule has 25 heavy (non-hydrogen) atoms. The van der Waals surface area contributed by atoms with E-state index in [0.29, 0.717) is 23.2 Å². The fraction of sp³-hybridized carbons (Fsp3) is 0.263. The lowest BCUT2D eigenvalue weighted by atomic mass is 10.1. The van der Waals surface area contributed by atoms with E-state index in [-0.39, 0.29) is 12.5 Å². The molecule has 3 aromatic rings. The van der Waals surface area contributed by atoms with Crippen LogP contribution < -0.4 is 14.8 Å². The van der Waals surface area contributed by atoms with E-state index >= 15 is 0 Å². The molecule has 1 N–H and O–H groups in total. The second-order valence-electron chi connectivity index (χ2n) is 5.59. The molecule has 0 radical (unpaired) electrons. The first-order valence-corrected chi connectivity index (χ1v) is 8.91. The van der Waals surface area contributed by atoms with E-state index in [1.807, 2.05) is 38.1 Å². The van der Waals surface area contributed by atoms with E-state index in [2.05, 4.69) is 23.3 Å². The van der Waals surface area contributed by atoms with Gasteiger partial charge in [-0.1, -0.05) is 29.5 Å². The second-order valence-corrected chi connectivity index (χ2v) is 6.62. The van der Waals surface area contributed by atoms with Crippen LogP contribution in [0.1, 0.15) is 18.1 Å². The number of hydrogen-bond acceptors (Lipinski definition) is 5. The SMILES string of the molecule is CCOc1ccccc1OCC(=O)Nc1nc2c(C)c(C)ccc2s1. The number of rotatable bonds is 6. The van der Waals surface area contributed by atoms with Crippen molar-refractivity contribution in [3.63, 3.8) is 0 Å². The van der Waals surface area contributed by atoms with Crippen molar-refractivity contribution in [3.05, 3.63) is 47.5 Å². The molecule has 0 aliphatic carbocycles. The molecular formula is C19H20N2O3S. The highest BCUT2D eigenvalue weighted by atomic mass is 32.1. The predicted molar refractivity (Wildman–Crippen MR) is 101 cm³/mol. The lowest BCUT2D eigenvalue weighted by Crippen LogP contribution is -2.20. The minimum Gasteiger partial charge on any atom is -0.490 e. The Morgan fingerprint density at radius 3 is 2.56 bits per heavy atom. The number of ether oxygens (including phenoxy) is 2. The Morgan fingerprint density at radius 1 is 1.12 bits per heavy atom. The van der Waals surface area contributed by atoms with Gasteiger partial charge in [0.25, 0.3) is 5.91 Å². The van der Waals surface area contributed by atoms with E-state index in [9.17, 15) is 4.79 Å². The van der Waals surface area contributed by atoms with E-state index in [4.69, 9.17) is 9.47 Å². The molecule has 6 heteroatoms. The normalized spacial score (nSPS) is 10.7. The molecule has 5 nitrogen and oxygen atoms in total. The number of benzene rings is 2. The fourth-order valence-corrected chi connectivity index (χ4v) is 3.36. The second kappa shape index (κ2) is 7.53. The Hall–Kier alpha value is -2.60. The van der Waals surface area contributed by atoms with E-state index in [0.717, 1.165) is 15.8 Å². The first-order valence-electron chi connectivity index (χ1n) is 8.09. The molecule has 3 rings (SSSR count). The van der Waals surface area contributed by atoms with E-state index < -0.39 is 0 Å². The Morgan fingerprint density at radius 2 is 1.84 bits per heavy atom. The Bertz CT molecular complexity index is 905. The maximum absolute atomic E-state index is 12.2. The van der Waals surface area contributed by atoms with E-state index in [1.165, 1.54) is 16.9 Å². The molecule has 130 valence electrons. The summed E-state index contributed by atoms with van der Waals surface area (Å²) in [5, 5.41) is 3.38. The number of aryl methyl sites for hydroxylation is 2. The Balaban J connectivity index is 1.66. The summed E-state index contributed by atoms with van der Waals surface area (Å²) in [6.45, 7) is 6.43. The zero-order chi connectivity index (χ0) is 17.8. The number of anilines is 1. The zero-order valence-electron chi connectivity index (χ0n) is 14.5. The molecule has 0 bridgehead atoms. The fourth-order valence-electron chi connectivity index (χ4n) is 2.42. The monoisotopic (exact) mass is 356 g/mol. The summed E-state index contributed by atoms with van der Waals surface area (Å²) >= 11 is 1.46. The lowest BCUT2D eigenvalue weighted by molar-refractivity contribution is -0.118. The number of nitrogens with one attached hydrogen (secondary N) is 1. The van der Waals surface area contributed by atoms with Crippen molar-refractivity contribution in [3.8, 4) is 11.5 Å². The molecule has 0 saturated heterocycles. The zero-order valence-corrected chi connectivity index (χ0v) is 15.3. The van der Waals surface area contributed by atoms with Gasteiger partial charge in [-0.3, -0.25) is 10.1 Å². The van der Waals surface area contributed by atoms with Crippen LogP contribution in [0.3, 0.4) is 0 Å². The van der Waals surface area contributed by atoms with Gasteiger partial charge in [0.05, 0.1) is 16.8 Å². The molecule has 0 atom stereocenters. The molecule has 1 aromatic heterocycles. The average molecular weight is 356 g/mol.